The van der Waals surface area contributed by atoms with Crippen LogP contribution in [0.1, 0.15) is 35.4 Å². The van der Waals surface area contributed by atoms with E-state index in [0.29, 0.717) is 31.5 Å². The van der Waals surface area contributed by atoms with Crippen molar-refractivity contribution in [1.29, 1.82) is 5.26 Å². The molecule has 0 N–H and O–H groups in total. The third kappa shape index (κ3) is 3.36. The van der Waals surface area contributed by atoms with Crippen LogP contribution in [0.25, 0.3) is 0 Å². The van der Waals surface area contributed by atoms with Gasteiger partial charge in [-0.25, -0.2) is 8.78 Å². The molecule has 1 aliphatic heterocycles. The van der Waals surface area contributed by atoms with Crippen molar-refractivity contribution in [3.05, 3.63) is 64.7 Å². The number of benzene rings is 2. The number of rotatable bonds is 2. The minimum atomic E-state index is -4.95. The number of nitrogens with zero attached hydrogens (tertiary/aromatic N) is 2. The molecule has 2 aromatic rings. The number of alkyl halides is 3. The molecule has 0 bridgehead atoms. The third-order valence-corrected chi connectivity index (χ3v) is 4.71. The molecule has 0 atom stereocenters. The van der Waals surface area contributed by atoms with E-state index in [1.807, 2.05) is 0 Å². The second-order valence-electron chi connectivity index (χ2n) is 6.21. The lowest BCUT2D eigenvalue weighted by molar-refractivity contribution is -0.140. The molecule has 0 radical (unpaired) electrons. The van der Waals surface area contributed by atoms with Crippen LogP contribution in [0.2, 0.25) is 0 Å². The molecule has 7 heteroatoms. The van der Waals surface area contributed by atoms with Gasteiger partial charge in [-0.3, -0.25) is 0 Å². The molecule has 0 unspecified atom stereocenters. The summed E-state index contributed by atoms with van der Waals surface area (Å²) in [5.74, 6) is -1.80. The molecule has 0 saturated carbocycles. The summed E-state index contributed by atoms with van der Waals surface area (Å²) in [6, 6.07) is 9.98. The van der Waals surface area contributed by atoms with E-state index in [-0.39, 0.29) is 17.4 Å². The predicted molar refractivity (Wildman–Crippen MR) is 86.7 cm³/mol. The number of nitriles is 1. The highest BCUT2D eigenvalue weighted by Crippen LogP contribution is 2.39. The lowest BCUT2D eigenvalue weighted by atomic mass is 9.88. The highest BCUT2D eigenvalue weighted by Gasteiger charge is 2.39. The van der Waals surface area contributed by atoms with E-state index in [1.165, 1.54) is 23.1 Å². The predicted octanol–water partition coefficient (Wildman–Crippen LogP) is 5.24. The first-order valence-corrected chi connectivity index (χ1v) is 8.12. The van der Waals surface area contributed by atoms with Crippen molar-refractivity contribution in [3.8, 4) is 6.07 Å². The highest BCUT2D eigenvalue weighted by molar-refractivity contribution is 5.56. The van der Waals surface area contributed by atoms with E-state index in [4.69, 9.17) is 5.26 Å². The van der Waals surface area contributed by atoms with E-state index >= 15 is 0 Å². The van der Waals surface area contributed by atoms with Crippen LogP contribution >= 0.6 is 0 Å². The van der Waals surface area contributed by atoms with Gasteiger partial charge in [0.15, 0.2) is 5.82 Å². The van der Waals surface area contributed by atoms with Gasteiger partial charge in [-0.2, -0.15) is 18.4 Å². The van der Waals surface area contributed by atoms with E-state index in [0.717, 1.165) is 6.07 Å². The quantitative estimate of drug-likeness (QED) is 0.680. The summed E-state index contributed by atoms with van der Waals surface area (Å²) >= 11 is 0. The van der Waals surface area contributed by atoms with Crippen LogP contribution in [-0.2, 0) is 6.18 Å². The Hall–Kier alpha value is -2.62. The molecule has 1 heterocycles. The molecule has 1 saturated heterocycles. The van der Waals surface area contributed by atoms with Gasteiger partial charge in [-0.1, -0.05) is 18.2 Å². The number of halogens is 5. The largest absolute Gasteiger partial charge is 0.420 e. The molecular formula is C19H15F5N2. The number of hydrogen-bond acceptors (Lipinski definition) is 2. The fourth-order valence-corrected chi connectivity index (χ4v) is 3.42. The van der Waals surface area contributed by atoms with Gasteiger partial charge in [0.2, 0.25) is 0 Å². The first kappa shape index (κ1) is 18.2. The van der Waals surface area contributed by atoms with Gasteiger partial charge in [0.1, 0.15) is 11.4 Å². The molecule has 1 aliphatic rings. The number of anilines is 1. The van der Waals surface area contributed by atoms with Gasteiger partial charge in [0.05, 0.1) is 17.3 Å². The first-order chi connectivity index (χ1) is 12.3. The van der Waals surface area contributed by atoms with Crippen LogP contribution in [0.15, 0.2) is 36.4 Å². The molecule has 136 valence electrons. The lowest BCUT2D eigenvalue weighted by Crippen LogP contribution is -2.34. The van der Waals surface area contributed by atoms with Gasteiger partial charge >= 0.3 is 6.18 Å². The van der Waals surface area contributed by atoms with Crippen LogP contribution in [0, 0.1) is 23.0 Å². The molecular weight excluding hydrogens is 351 g/mol. The molecule has 2 nitrogen and oxygen atoms in total. The first-order valence-electron chi connectivity index (χ1n) is 8.12. The summed E-state index contributed by atoms with van der Waals surface area (Å²) in [5.41, 5.74) is -1.87. The van der Waals surface area contributed by atoms with Crippen molar-refractivity contribution in [2.75, 3.05) is 18.0 Å². The normalized spacial score (nSPS) is 15.8. The summed E-state index contributed by atoms with van der Waals surface area (Å²) < 4.78 is 67.8. The maximum Gasteiger partial charge on any atom is 0.420 e. The van der Waals surface area contributed by atoms with Gasteiger partial charge < -0.3 is 4.90 Å². The Bertz CT molecular complexity index is 846. The van der Waals surface area contributed by atoms with E-state index < -0.39 is 23.1 Å². The van der Waals surface area contributed by atoms with Crippen molar-refractivity contribution < 1.29 is 22.0 Å². The Labute approximate surface area is 147 Å². The Morgan fingerprint density at radius 3 is 2.23 bits per heavy atom. The van der Waals surface area contributed by atoms with Crippen molar-refractivity contribution in [2.45, 2.75) is 24.9 Å². The SMILES string of the molecule is N#Cc1ccc(N2CCC(c3ccccc3F)CC2)c(F)c1C(F)(F)F. The summed E-state index contributed by atoms with van der Waals surface area (Å²) in [4.78, 5) is 1.52. The summed E-state index contributed by atoms with van der Waals surface area (Å²) in [5, 5.41) is 8.83. The topological polar surface area (TPSA) is 27.0 Å². The molecule has 0 aliphatic carbocycles. The number of hydrogen-bond donors (Lipinski definition) is 0. The van der Waals surface area contributed by atoms with Gasteiger partial charge in [0.25, 0.3) is 0 Å². The average molecular weight is 366 g/mol. The molecule has 3 rings (SSSR count). The minimum Gasteiger partial charge on any atom is -0.369 e. The summed E-state index contributed by atoms with van der Waals surface area (Å²) in [6.45, 7) is 0.609. The zero-order chi connectivity index (χ0) is 18.9. The van der Waals surface area contributed by atoms with Crippen molar-refractivity contribution in [2.24, 2.45) is 0 Å². The molecule has 0 spiro atoms. The molecule has 0 aromatic heterocycles. The van der Waals surface area contributed by atoms with Gasteiger partial charge in [0, 0.05) is 13.1 Å². The smallest absolute Gasteiger partial charge is 0.369 e. The van der Waals surface area contributed by atoms with Crippen LogP contribution in [0.3, 0.4) is 0 Å². The Morgan fingerprint density at radius 2 is 1.65 bits per heavy atom. The van der Waals surface area contributed by atoms with Crippen molar-refractivity contribution >= 4 is 5.69 Å². The Morgan fingerprint density at radius 1 is 1.00 bits per heavy atom. The minimum absolute atomic E-state index is 0.0593. The van der Waals surface area contributed by atoms with Crippen molar-refractivity contribution in [1.82, 2.24) is 0 Å². The lowest BCUT2D eigenvalue weighted by Gasteiger charge is -2.34. The molecule has 26 heavy (non-hydrogen) atoms. The Balaban J connectivity index is 1.84. The zero-order valence-electron chi connectivity index (χ0n) is 13.7. The summed E-state index contributed by atoms with van der Waals surface area (Å²) in [7, 11) is 0. The molecule has 2 aromatic carbocycles. The number of piperidine rings is 1. The van der Waals surface area contributed by atoms with Crippen LogP contribution < -0.4 is 4.90 Å². The van der Waals surface area contributed by atoms with Crippen LogP contribution in [0.5, 0.6) is 0 Å². The van der Waals surface area contributed by atoms with Crippen LogP contribution in [0.4, 0.5) is 27.6 Å². The third-order valence-electron chi connectivity index (χ3n) is 4.71. The fourth-order valence-electron chi connectivity index (χ4n) is 3.42. The van der Waals surface area contributed by atoms with Crippen molar-refractivity contribution in [3.63, 3.8) is 0 Å². The zero-order valence-corrected chi connectivity index (χ0v) is 13.7. The maximum absolute atomic E-state index is 14.5. The molecule has 0 amide bonds. The van der Waals surface area contributed by atoms with E-state index in [9.17, 15) is 22.0 Å². The maximum atomic E-state index is 14.5. The molecule has 1 fully saturated rings. The van der Waals surface area contributed by atoms with E-state index in [1.54, 1.807) is 18.2 Å². The fraction of sp³-hybridized carbons (Fsp3) is 0.316. The van der Waals surface area contributed by atoms with E-state index in [2.05, 4.69) is 0 Å². The standard InChI is InChI=1S/C19H15F5N2/c20-15-4-2-1-3-14(15)12-7-9-26(10-8-12)16-6-5-13(11-25)17(18(16)21)19(22,23)24/h1-6,12H,7-10H2. The van der Waals surface area contributed by atoms with Gasteiger partial charge in [-0.15, -0.1) is 0 Å². The second-order valence-corrected chi connectivity index (χ2v) is 6.21. The average Bonchev–Trinajstić information content (AvgIpc) is 2.61. The van der Waals surface area contributed by atoms with Gasteiger partial charge in [-0.05, 0) is 42.5 Å². The Kier molecular flexibility index (Phi) is 4.86. The second kappa shape index (κ2) is 6.94. The highest BCUT2D eigenvalue weighted by atomic mass is 19.4. The van der Waals surface area contributed by atoms with Crippen LogP contribution in [-0.4, -0.2) is 13.1 Å². The summed E-state index contributed by atoms with van der Waals surface area (Å²) in [6.07, 6.45) is -3.94. The monoisotopic (exact) mass is 366 g/mol.